The molecule has 0 amide bonds. The Morgan fingerprint density at radius 2 is 1.69 bits per heavy atom. The molecular formula is C29H28N6O4. The second-order valence-electron chi connectivity index (χ2n) is 9.44. The maximum atomic E-state index is 13.2. The summed E-state index contributed by atoms with van der Waals surface area (Å²) in [6.45, 7) is 2.98. The van der Waals surface area contributed by atoms with Crippen LogP contribution in [0.15, 0.2) is 77.6 Å². The minimum absolute atomic E-state index is 0.150. The van der Waals surface area contributed by atoms with E-state index in [1.54, 1.807) is 11.8 Å². The third kappa shape index (κ3) is 5.60. The summed E-state index contributed by atoms with van der Waals surface area (Å²) < 4.78 is 18.5. The number of aromatic amines is 1. The second kappa shape index (κ2) is 11.0. The van der Waals surface area contributed by atoms with Crippen LogP contribution in [0.4, 0.5) is 0 Å². The maximum absolute atomic E-state index is 13.2. The summed E-state index contributed by atoms with van der Waals surface area (Å²) in [5, 5.41) is 13.3. The first kappa shape index (κ1) is 24.6. The van der Waals surface area contributed by atoms with Crippen LogP contribution in [0.25, 0.3) is 10.9 Å². The summed E-state index contributed by atoms with van der Waals surface area (Å²) >= 11 is 0. The molecule has 10 nitrogen and oxygen atoms in total. The Balaban J connectivity index is 1.30. The average molecular weight is 525 g/mol. The predicted octanol–water partition coefficient (Wildman–Crippen LogP) is 3.55. The molecule has 1 aliphatic rings. The van der Waals surface area contributed by atoms with Crippen molar-refractivity contribution in [2.75, 3.05) is 20.3 Å². The summed E-state index contributed by atoms with van der Waals surface area (Å²) in [6, 6.07) is 23.6. The normalized spacial score (nSPS) is 12.7. The molecule has 0 saturated carbocycles. The van der Waals surface area contributed by atoms with E-state index in [-0.39, 0.29) is 5.56 Å². The van der Waals surface area contributed by atoms with Gasteiger partial charge in [-0.15, -0.1) is 5.10 Å². The fourth-order valence-corrected chi connectivity index (χ4v) is 4.72. The van der Waals surface area contributed by atoms with Crippen molar-refractivity contribution in [3.8, 4) is 17.2 Å². The minimum atomic E-state index is -0.150. The topological polar surface area (TPSA) is 107 Å². The molecule has 3 heterocycles. The van der Waals surface area contributed by atoms with Gasteiger partial charge in [0.15, 0.2) is 17.3 Å². The van der Waals surface area contributed by atoms with Gasteiger partial charge in [-0.05, 0) is 45.8 Å². The number of aromatic nitrogens is 5. The van der Waals surface area contributed by atoms with Gasteiger partial charge < -0.3 is 19.2 Å². The average Bonchev–Trinajstić information content (AvgIpc) is 3.39. The number of pyridine rings is 1. The van der Waals surface area contributed by atoms with Crippen LogP contribution in [0.2, 0.25) is 0 Å². The van der Waals surface area contributed by atoms with E-state index in [9.17, 15) is 4.79 Å². The Bertz CT molecular complexity index is 1630. The molecule has 6 rings (SSSR count). The highest BCUT2D eigenvalue weighted by atomic mass is 16.6. The molecule has 2 aromatic heterocycles. The van der Waals surface area contributed by atoms with Gasteiger partial charge in [0.05, 0.1) is 25.7 Å². The molecule has 0 bridgehead atoms. The predicted molar refractivity (Wildman–Crippen MR) is 145 cm³/mol. The van der Waals surface area contributed by atoms with Crippen molar-refractivity contribution in [3.05, 3.63) is 106 Å². The Kier molecular flexibility index (Phi) is 6.92. The summed E-state index contributed by atoms with van der Waals surface area (Å²) in [5.74, 6) is 2.83. The molecule has 3 aromatic carbocycles. The Morgan fingerprint density at radius 1 is 0.923 bits per heavy atom. The lowest BCUT2D eigenvalue weighted by molar-refractivity contribution is 0.172. The van der Waals surface area contributed by atoms with E-state index in [0.29, 0.717) is 67.8 Å². The van der Waals surface area contributed by atoms with Crippen LogP contribution < -0.4 is 19.8 Å². The first-order valence-electron chi connectivity index (χ1n) is 12.7. The summed E-state index contributed by atoms with van der Waals surface area (Å²) in [5.41, 5.74) is 3.38. The molecule has 0 saturated heterocycles. The molecule has 0 spiro atoms. The van der Waals surface area contributed by atoms with E-state index in [2.05, 4.69) is 25.4 Å². The second-order valence-corrected chi connectivity index (χ2v) is 9.44. The number of fused-ring (bicyclic) bond motifs is 2. The van der Waals surface area contributed by atoms with Gasteiger partial charge in [0.2, 0.25) is 0 Å². The number of benzene rings is 3. The van der Waals surface area contributed by atoms with Gasteiger partial charge in [0.1, 0.15) is 19.0 Å². The number of rotatable bonds is 9. The number of H-pyrrole nitrogens is 1. The molecule has 0 atom stereocenters. The van der Waals surface area contributed by atoms with Crippen LogP contribution in [-0.4, -0.2) is 50.4 Å². The molecule has 0 unspecified atom stereocenters. The van der Waals surface area contributed by atoms with E-state index in [1.165, 1.54) is 0 Å². The van der Waals surface area contributed by atoms with E-state index in [0.717, 1.165) is 22.3 Å². The summed E-state index contributed by atoms with van der Waals surface area (Å²) in [4.78, 5) is 18.3. The standard InChI is InChI=1S/C29H28N6O4/c1-37-24-9-7-21(8-10-24)16-34(19-28-31-32-33-35(28)17-20-5-3-2-4-6-20)18-23-13-22-14-26-27(39-12-11-38-26)15-25(22)30-29(23)36/h2-10,13-15H,11-12,16-19H2,1H3,(H,30,36). The van der Waals surface area contributed by atoms with Gasteiger partial charge in [-0.2, -0.15) is 0 Å². The Morgan fingerprint density at radius 3 is 2.46 bits per heavy atom. The number of hydrogen-bond donors (Lipinski definition) is 1. The highest BCUT2D eigenvalue weighted by molar-refractivity contribution is 5.83. The number of methoxy groups -OCH3 is 1. The molecular weight excluding hydrogens is 496 g/mol. The van der Waals surface area contributed by atoms with Crippen molar-refractivity contribution in [3.63, 3.8) is 0 Å². The lowest BCUT2D eigenvalue weighted by atomic mass is 10.1. The molecule has 0 radical (unpaired) electrons. The van der Waals surface area contributed by atoms with Gasteiger partial charge in [0.25, 0.3) is 5.56 Å². The zero-order valence-electron chi connectivity index (χ0n) is 21.5. The fraction of sp³-hybridized carbons (Fsp3) is 0.241. The van der Waals surface area contributed by atoms with Crippen molar-refractivity contribution in [2.24, 2.45) is 0 Å². The third-order valence-electron chi connectivity index (χ3n) is 6.69. The van der Waals surface area contributed by atoms with Crippen molar-refractivity contribution in [1.29, 1.82) is 0 Å². The van der Waals surface area contributed by atoms with Crippen molar-refractivity contribution >= 4 is 10.9 Å². The van der Waals surface area contributed by atoms with Gasteiger partial charge in [-0.3, -0.25) is 9.69 Å². The Labute approximate surface area is 224 Å². The molecule has 0 aliphatic carbocycles. The number of hydrogen-bond acceptors (Lipinski definition) is 8. The van der Waals surface area contributed by atoms with Crippen LogP contribution in [0.3, 0.4) is 0 Å². The molecule has 1 aliphatic heterocycles. The third-order valence-corrected chi connectivity index (χ3v) is 6.69. The number of nitrogens with one attached hydrogen (secondary N) is 1. The van der Waals surface area contributed by atoms with Crippen LogP contribution in [0, 0.1) is 0 Å². The van der Waals surface area contributed by atoms with Gasteiger partial charge in [-0.1, -0.05) is 42.5 Å². The largest absolute Gasteiger partial charge is 0.497 e. The van der Waals surface area contributed by atoms with Crippen molar-refractivity contribution in [2.45, 2.75) is 26.2 Å². The van der Waals surface area contributed by atoms with Crippen LogP contribution in [0.5, 0.6) is 17.2 Å². The van der Waals surface area contributed by atoms with E-state index < -0.39 is 0 Å². The van der Waals surface area contributed by atoms with E-state index >= 15 is 0 Å². The molecule has 1 N–H and O–H groups in total. The number of nitrogens with zero attached hydrogens (tertiary/aromatic N) is 5. The Hall–Kier alpha value is -4.70. The monoisotopic (exact) mass is 524 g/mol. The smallest absolute Gasteiger partial charge is 0.252 e. The lowest BCUT2D eigenvalue weighted by Gasteiger charge is -2.22. The zero-order chi connectivity index (χ0) is 26.6. The summed E-state index contributed by atoms with van der Waals surface area (Å²) in [6.07, 6.45) is 0. The lowest BCUT2D eigenvalue weighted by Crippen LogP contribution is -2.28. The highest BCUT2D eigenvalue weighted by Gasteiger charge is 2.18. The van der Waals surface area contributed by atoms with Crippen LogP contribution >= 0.6 is 0 Å². The maximum Gasteiger partial charge on any atom is 0.252 e. The zero-order valence-corrected chi connectivity index (χ0v) is 21.5. The molecule has 39 heavy (non-hydrogen) atoms. The molecule has 198 valence electrons. The molecule has 5 aromatic rings. The van der Waals surface area contributed by atoms with Gasteiger partial charge in [0, 0.05) is 30.1 Å². The molecule has 0 fully saturated rings. The highest BCUT2D eigenvalue weighted by Crippen LogP contribution is 2.33. The quantitative estimate of drug-likeness (QED) is 0.312. The first-order chi connectivity index (χ1) is 19.1. The SMILES string of the molecule is COc1ccc(CN(Cc2cc3cc4c(cc3[nH]c2=O)OCCO4)Cc2nnnn2Cc2ccccc2)cc1. The summed E-state index contributed by atoms with van der Waals surface area (Å²) in [7, 11) is 1.65. The van der Waals surface area contributed by atoms with Crippen molar-refractivity contribution in [1.82, 2.24) is 30.1 Å². The van der Waals surface area contributed by atoms with Crippen LogP contribution in [0.1, 0.15) is 22.5 Å². The van der Waals surface area contributed by atoms with Gasteiger partial charge >= 0.3 is 0 Å². The minimum Gasteiger partial charge on any atom is -0.497 e. The van der Waals surface area contributed by atoms with Gasteiger partial charge in [-0.25, -0.2) is 4.68 Å². The number of tetrazole rings is 1. The van der Waals surface area contributed by atoms with E-state index in [1.807, 2.05) is 72.8 Å². The first-order valence-corrected chi connectivity index (χ1v) is 12.7. The van der Waals surface area contributed by atoms with Crippen LogP contribution in [-0.2, 0) is 26.2 Å². The van der Waals surface area contributed by atoms with Crippen molar-refractivity contribution < 1.29 is 14.2 Å². The fourth-order valence-electron chi connectivity index (χ4n) is 4.72. The van der Waals surface area contributed by atoms with E-state index in [4.69, 9.17) is 14.2 Å². The number of ether oxygens (including phenoxy) is 3. The molecule has 10 heteroatoms.